The van der Waals surface area contributed by atoms with Crippen molar-refractivity contribution in [3.8, 4) is 33.6 Å². The zero-order valence-corrected chi connectivity index (χ0v) is 25.7. The Kier molecular flexibility index (Phi) is 8.32. The van der Waals surface area contributed by atoms with Crippen LogP contribution in [-0.2, 0) is 16.1 Å². The summed E-state index contributed by atoms with van der Waals surface area (Å²) >= 11 is 1.21. The van der Waals surface area contributed by atoms with Crippen molar-refractivity contribution in [2.24, 2.45) is 0 Å². The lowest BCUT2D eigenvalue weighted by atomic mass is 9.99. The average Bonchev–Trinajstić information content (AvgIpc) is 3.64. The van der Waals surface area contributed by atoms with E-state index in [0.29, 0.717) is 42.0 Å². The minimum atomic E-state index is -1.01. The van der Waals surface area contributed by atoms with Crippen LogP contribution in [0.3, 0.4) is 0 Å². The fraction of sp³-hybridized carbons (Fsp3) is 0.194. The highest BCUT2D eigenvalue weighted by atomic mass is 32.1. The summed E-state index contributed by atoms with van der Waals surface area (Å²) in [5.74, 6) is -1.50. The van der Waals surface area contributed by atoms with Gasteiger partial charge in [0.05, 0.1) is 40.3 Å². The molecule has 2 N–H and O–H groups in total. The number of carboxylic acid groups (broad SMARTS) is 1. The Labute approximate surface area is 268 Å². The fourth-order valence-electron chi connectivity index (χ4n) is 6.04. The number of carbonyl (C=O) groups excluding carboxylic acids is 1. The van der Waals surface area contributed by atoms with Crippen LogP contribution in [-0.4, -0.2) is 70.8 Å². The molecule has 1 aliphatic rings. The summed E-state index contributed by atoms with van der Waals surface area (Å²) in [7, 11) is 0. The molecule has 0 unspecified atom stereocenters. The highest BCUT2D eigenvalue weighted by Gasteiger charge is 2.25. The van der Waals surface area contributed by atoms with Gasteiger partial charge in [-0.2, -0.15) is 0 Å². The van der Waals surface area contributed by atoms with E-state index in [9.17, 15) is 19.1 Å². The van der Waals surface area contributed by atoms with E-state index >= 15 is 0 Å². The summed E-state index contributed by atoms with van der Waals surface area (Å²) in [4.78, 5) is 32.7. The minimum Gasteiger partial charge on any atom is -0.477 e. The molecule has 1 amide bonds. The number of aromatic carboxylic acids is 1. The Morgan fingerprint density at radius 1 is 0.935 bits per heavy atom. The van der Waals surface area contributed by atoms with E-state index in [1.54, 1.807) is 30.3 Å². The van der Waals surface area contributed by atoms with E-state index in [0.717, 1.165) is 52.1 Å². The number of morpholine rings is 1. The van der Waals surface area contributed by atoms with Gasteiger partial charge in [-0.05, 0) is 47.5 Å². The molecule has 0 spiro atoms. The molecule has 1 aliphatic heterocycles. The van der Waals surface area contributed by atoms with Crippen molar-refractivity contribution < 1.29 is 23.8 Å². The first-order valence-corrected chi connectivity index (χ1v) is 16.0. The van der Waals surface area contributed by atoms with Gasteiger partial charge in [-0.1, -0.05) is 54.6 Å². The molecule has 0 saturated carbocycles. The quantitative estimate of drug-likeness (QED) is 0.188. The number of amides is 1. The molecule has 0 atom stereocenters. The first-order valence-electron chi connectivity index (χ1n) is 15.1. The Bertz CT molecular complexity index is 2070. The third-order valence-electron chi connectivity index (χ3n) is 8.28. The third-order valence-corrected chi connectivity index (χ3v) is 9.41. The molecule has 1 saturated heterocycles. The maximum Gasteiger partial charge on any atom is 0.345 e. The van der Waals surface area contributed by atoms with E-state index < -0.39 is 5.97 Å². The normalized spacial score (nSPS) is 13.8. The molecular formula is C36H31FN4O4S. The lowest BCUT2D eigenvalue weighted by Crippen LogP contribution is -2.41. The average molecular weight is 635 g/mol. The molecule has 0 radical (unpaired) electrons. The minimum absolute atomic E-state index is 0.0140. The zero-order chi connectivity index (χ0) is 31.6. The SMILES string of the molecule is O=C(Cn1c(-c2ccc3nc(-c4ccccc4F)ccc3c2)c(-c2ccccc2)c2sc(C(=O)O)cc21)NCCN1CCOCC1. The molecule has 1 fully saturated rings. The van der Waals surface area contributed by atoms with Crippen molar-refractivity contribution >= 4 is 44.3 Å². The largest absolute Gasteiger partial charge is 0.477 e. The summed E-state index contributed by atoms with van der Waals surface area (Å²) in [6.07, 6.45) is 0. The van der Waals surface area contributed by atoms with Gasteiger partial charge in [0, 0.05) is 42.7 Å². The van der Waals surface area contributed by atoms with Crippen LogP contribution in [0.4, 0.5) is 4.39 Å². The van der Waals surface area contributed by atoms with Gasteiger partial charge in [0.15, 0.2) is 0 Å². The summed E-state index contributed by atoms with van der Waals surface area (Å²) in [5, 5.41) is 13.8. The summed E-state index contributed by atoms with van der Waals surface area (Å²) < 4.78 is 22.7. The van der Waals surface area contributed by atoms with Gasteiger partial charge >= 0.3 is 5.97 Å². The Balaban J connectivity index is 1.32. The number of nitrogens with one attached hydrogen (secondary N) is 1. The van der Waals surface area contributed by atoms with Crippen molar-refractivity contribution in [2.45, 2.75) is 6.54 Å². The molecule has 3 aromatic carbocycles. The number of benzene rings is 3. The smallest absolute Gasteiger partial charge is 0.345 e. The number of fused-ring (bicyclic) bond motifs is 2. The van der Waals surface area contributed by atoms with Crippen LogP contribution >= 0.6 is 11.3 Å². The van der Waals surface area contributed by atoms with Gasteiger partial charge < -0.3 is 19.7 Å². The van der Waals surface area contributed by atoms with Crippen molar-refractivity contribution in [3.05, 3.63) is 102 Å². The van der Waals surface area contributed by atoms with E-state index in [-0.39, 0.29) is 23.1 Å². The van der Waals surface area contributed by atoms with Crippen LogP contribution in [0.25, 0.3) is 54.8 Å². The highest BCUT2D eigenvalue weighted by molar-refractivity contribution is 7.21. The second-order valence-corrected chi connectivity index (χ2v) is 12.2. The number of pyridine rings is 1. The Morgan fingerprint density at radius 3 is 2.50 bits per heavy atom. The number of thiophene rings is 1. The van der Waals surface area contributed by atoms with Crippen molar-refractivity contribution in [1.82, 2.24) is 19.8 Å². The molecule has 7 rings (SSSR count). The molecule has 0 aliphatic carbocycles. The Hall–Kier alpha value is -4.90. The predicted octanol–water partition coefficient (Wildman–Crippen LogP) is 6.54. The number of hydrogen-bond acceptors (Lipinski definition) is 6. The lowest BCUT2D eigenvalue weighted by Gasteiger charge is -2.26. The van der Waals surface area contributed by atoms with Crippen molar-refractivity contribution in [3.63, 3.8) is 0 Å². The molecule has 3 aromatic heterocycles. The highest BCUT2D eigenvalue weighted by Crippen LogP contribution is 2.45. The summed E-state index contributed by atoms with van der Waals surface area (Å²) in [6, 6.07) is 27.6. The molecule has 6 aromatic rings. The molecule has 232 valence electrons. The van der Waals surface area contributed by atoms with Gasteiger partial charge in [0.25, 0.3) is 0 Å². The summed E-state index contributed by atoms with van der Waals surface area (Å²) in [5.41, 5.74) is 5.82. The van der Waals surface area contributed by atoms with Crippen LogP contribution < -0.4 is 5.32 Å². The number of carboxylic acids is 1. The van der Waals surface area contributed by atoms with E-state index in [4.69, 9.17) is 9.72 Å². The van der Waals surface area contributed by atoms with Gasteiger partial charge in [0.2, 0.25) is 5.91 Å². The number of rotatable bonds is 9. The maximum atomic E-state index is 14.5. The van der Waals surface area contributed by atoms with Crippen molar-refractivity contribution in [1.29, 1.82) is 0 Å². The third kappa shape index (κ3) is 5.90. The predicted molar refractivity (Wildman–Crippen MR) is 179 cm³/mol. The van der Waals surface area contributed by atoms with Crippen LogP contribution in [0.2, 0.25) is 0 Å². The number of carbonyl (C=O) groups is 2. The number of ether oxygens (including phenoxy) is 1. The second kappa shape index (κ2) is 12.8. The number of aromatic nitrogens is 2. The number of hydrogen-bond donors (Lipinski definition) is 2. The van der Waals surface area contributed by atoms with Crippen LogP contribution in [0, 0.1) is 5.82 Å². The van der Waals surface area contributed by atoms with Gasteiger partial charge in [-0.25, -0.2) is 14.2 Å². The maximum absolute atomic E-state index is 14.5. The number of nitrogens with zero attached hydrogens (tertiary/aromatic N) is 3. The zero-order valence-electron chi connectivity index (χ0n) is 24.9. The molecule has 46 heavy (non-hydrogen) atoms. The Morgan fingerprint density at radius 2 is 1.72 bits per heavy atom. The molecular weight excluding hydrogens is 603 g/mol. The standard InChI is InChI=1S/C36H31FN4O4S/c37-27-9-5-4-8-26(27)29-13-10-24-20-25(11-12-28(24)39-29)34-33(23-6-2-1-3-7-23)35-30(21-31(46-35)36(43)44)41(34)22-32(42)38-14-15-40-16-18-45-19-17-40/h1-13,20-21H,14-19,22H2,(H,38,42)(H,43,44). The van der Waals surface area contributed by atoms with Crippen LogP contribution in [0.15, 0.2) is 91.0 Å². The second-order valence-electron chi connectivity index (χ2n) is 11.2. The van der Waals surface area contributed by atoms with Crippen LogP contribution in [0.5, 0.6) is 0 Å². The monoisotopic (exact) mass is 634 g/mol. The van der Waals surface area contributed by atoms with Gasteiger partial charge in [-0.15, -0.1) is 11.3 Å². The van der Waals surface area contributed by atoms with E-state index in [1.165, 1.54) is 17.4 Å². The van der Waals surface area contributed by atoms with E-state index in [2.05, 4.69) is 10.2 Å². The molecule has 10 heteroatoms. The van der Waals surface area contributed by atoms with E-state index in [1.807, 2.05) is 59.2 Å². The molecule has 4 heterocycles. The first kappa shape index (κ1) is 29.8. The molecule has 0 bridgehead atoms. The topological polar surface area (TPSA) is 96.7 Å². The van der Waals surface area contributed by atoms with Crippen LogP contribution in [0.1, 0.15) is 9.67 Å². The molecule has 8 nitrogen and oxygen atoms in total. The van der Waals surface area contributed by atoms with Gasteiger partial charge in [-0.3, -0.25) is 9.69 Å². The lowest BCUT2D eigenvalue weighted by molar-refractivity contribution is -0.121. The van der Waals surface area contributed by atoms with Gasteiger partial charge in [0.1, 0.15) is 17.2 Å². The van der Waals surface area contributed by atoms with Crippen molar-refractivity contribution in [2.75, 3.05) is 39.4 Å². The first-order chi connectivity index (χ1) is 22.5. The number of halogens is 1. The fourth-order valence-corrected chi connectivity index (χ4v) is 7.10. The summed E-state index contributed by atoms with van der Waals surface area (Å²) in [6.45, 7) is 4.30.